The summed E-state index contributed by atoms with van der Waals surface area (Å²) in [5, 5.41) is 3.06. The molecule has 2 heterocycles. The van der Waals surface area contributed by atoms with E-state index in [0.29, 0.717) is 25.5 Å². The smallest absolute Gasteiger partial charge is 0.220 e. The van der Waals surface area contributed by atoms with Crippen LogP contribution in [0.3, 0.4) is 0 Å². The van der Waals surface area contributed by atoms with Crippen LogP contribution in [0.5, 0.6) is 11.5 Å². The average Bonchev–Trinajstić information content (AvgIpc) is 2.66. The van der Waals surface area contributed by atoms with E-state index in [2.05, 4.69) is 16.3 Å². The van der Waals surface area contributed by atoms with Gasteiger partial charge < -0.3 is 19.5 Å². The average molecular weight is 348 g/mol. The van der Waals surface area contributed by atoms with Crippen LogP contribution in [0.15, 0.2) is 18.2 Å². The normalized spacial score (nSPS) is 20.4. The van der Waals surface area contributed by atoms with E-state index < -0.39 is 0 Å². The van der Waals surface area contributed by atoms with Crippen LogP contribution in [-0.2, 0) is 16.0 Å². The van der Waals surface area contributed by atoms with E-state index in [1.165, 1.54) is 0 Å². The monoisotopic (exact) mass is 348 g/mol. The van der Waals surface area contributed by atoms with E-state index in [0.717, 1.165) is 62.8 Å². The Morgan fingerprint density at radius 1 is 1.36 bits per heavy atom. The minimum Gasteiger partial charge on any atom is -0.493 e. The topological polar surface area (TPSA) is 60.0 Å². The molecule has 1 amide bonds. The van der Waals surface area contributed by atoms with Gasteiger partial charge in [-0.2, -0.15) is 0 Å². The summed E-state index contributed by atoms with van der Waals surface area (Å²) in [7, 11) is 1.65. The summed E-state index contributed by atoms with van der Waals surface area (Å²) in [6.45, 7) is 5.80. The molecule has 6 heteroatoms. The zero-order valence-corrected chi connectivity index (χ0v) is 15.0. The second-order valence-corrected chi connectivity index (χ2v) is 6.69. The molecule has 0 bridgehead atoms. The lowest BCUT2D eigenvalue weighted by atomic mass is 9.96. The van der Waals surface area contributed by atoms with Crippen LogP contribution >= 0.6 is 0 Å². The van der Waals surface area contributed by atoms with Crippen molar-refractivity contribution in [2.45, 2.75) is 19.3 Å². The molecule has 1 fully saturated rings. The first kappa shape index (κ1) is 18.0. The van der Waals surface area contributed by atoms with Gasteiger partial charge in [0.05, 0.1) is 26.9 Å². The Kier molecular flexibility index (Phi) is 6.53. The van der Waals surface area contributed by atoms with Gasteiger partial charge >= 0.3 is 0 Å². The standard InChI is InChI=1S/C19H28N2O4/c1-23-17-5-2-4-16-12-15(14-25-19(16)17)13-20-18(22)6-3-7-21-8-10-24-11-9-21/h2,4-5,15H,3,6-14H2,1H3,(H,20,22)/t15-/m1/s1. The molecular formula is C19H28N2O4. The number of methoxy groups -OCH3 is 1. The molecule has 0 aromatic heterocycles. The highest BCUT2D eigenvalue weighted by Gasteiger charge is 2.23. The fourth-order valence-corrected chi connectivity index (χ4v) is 3.38. The Bertz CT molecular complexity index is 573. The maximum atomic E-state index is 12.1. The van der Waals surface area contributed by atoms with Crippen molar-refractivity contribution in [1.82, 2.24) is 10.2 Å². The first-order valence-corrected chi connectivity index (χ1v) is 9.11. The fraction of sp³-hybridized carbons (Fsp3) is 0.632. The molecule has 0 radical (unpaired) electrons. The summed E-state index contributed by atoms with van der Waals surface area (Å²) in [6.07, 6.45) is 2.38. The van der Waals surface area contributed by atoms with E-state index in [-0.39, 0.29) is 5.91 Å². The number of benzene rings is 1. The molecule has 2 aliphatic heterocycles. The molecule has 25 heavy (non-hydrogen) atoms. The highest BCUT2D eigenvalue weighted by molar-refractivity contribution is 5.75. The third-order valence-corrected chi connectivity index (χ3v) is 4.82. The second-order valence-electron chi connectivity index (χ2n) is 6.69. The molecule has 1 aromatic rings. The molecule has 3 rings (SSSR count). The molecule has 1 atom stereocenters. The number of nitrogens with zero attached hydrogens (tertiary/aromatic N) is 1. The van der Waals surface area contributed by atoms with E-state index in [1.54, 1.807) is 7.11 Å². The number of hydrogen-bond donors (Lipinski definition) is 1. The first-order chi connectivity index (χ1) is 12.3. The van der Waals surface area contributed by atoms with Crippen molar-refractivity contribution in [3.05, 3.63) is 23.8 Å². The zero-order valence-electron chi connectivity index (χ0n) is 15.0. The summed E-state index contributed by atoms with van der Waals surface area (Å²) in [4.78, 5) is 14.4. The van der Waals surface area contributed by atoms with Gasteiger partial charge in [-0.05, 0) is 31.0 Å². The van der Waals surface area contributed by atoms with Crippen LogP contribution in [-0.4, -0.2) is 63.9 Å². The Morgan fingerprint density at radius 2 is 2.20 bits per heavy atom. The molecule has 0 aliphatic carbocycles. The number of para-hydroxylation sites is 1. The van der Waals surface area contributed by atoms with Crippen molar-refractivity contribution in [1.29, 1.82) is 0 Å². The minimum absolute atomic E-state index is 0.129. The Hall–Kier alpha value is -1.79. The van der Waals surface area contributed by atoms with Crippen LogP contribution in [0.1, 0.15) is 18.4 Å². The van der Waals surface area contributed by atoms with Crippen LogP contribution in [0.4, 0.5) is 0 Å². The lowest BCUT2D eigenvalue weighted by molar-refractivity contribution is -0.121. The number of carbonyl (C=O) groups is 1. The van der Waals surface area contributed by atoms with Gasteiger partial charge in [0.15, 0.2) is 11.5 Å². The number of hydrogen-bond acceptors (Lipinski definition) is 5. The van der Waals surface area contributed by atoms with Gasteiger partial charge in [-0.1, -0.05) is 12.1 Å². The number of ether oxygens (including phenoxy) is 3. The van der Waals surface area contributed by atoms with E-state index in [1.807, 2.05) is 12.1 Å². The minimum atomic E-state index is 0.129. The van der Waals surface area contributed by atoms with Crippen LogP contribution in [0, 0.1) is 5.92 Å². The van der Waals surface area contributed by atoms with Crippen molar-refractivity contribution < 1.29 is 19.0 Å². The summed E-state index contributed by atoms with van der Waals surface area (Å²) in [5.41, 5.74) is 1.15. The summed E-state index contributed by atoms with van der Waals surface area (Å²) >= 11 is 0. The van der Waals surface area contributed by atoms with Gasteiger partial charge in [0.25, 0.3) is 0 Å². The van der Waals surface area contributed by atoms with Gasteiger partial charge in [-0.3, -0.25) is 9.69 Å². The SMILES string of the molecule is COc1cccc2c1OC[C@@H](CNC(=O)CCCN1CCOCC1)C2. The van der Waals surface area contributed by atoms with Gasteiger partial charge in [-0.25, -0.2) is 0 Å². The molecule has 2 aliphatic rings. The second kappa shape index (κ2) is 9.06. The summed E-state index contributed by atoms with van der Waals surface area (Å²) in [6, 6.07) is 5.96. The molecule has 0 spiro atoms. The zero-order chi connectivity index (χ0) is 17.5. The van der Waals surface area contributed by atoms with Crippen molar-refractivity contribution in [2.24, 2.45) is 5.92 Å². The number of nitrogens with one attached hydrogen (secondary N) is 1. The van der Waals surface area contributed by atoms with Crippen LogP contribution in [0.2, 0.25) is 0 Å². The largest absolute Gasteiger partial charge is 0.493 e. The lowest BCUT2D eigenvalue weighted by Crippen LogP contribution is -2.38. The number of carbonyl (C=O) groups excluding carboxylic acids is 1. The highest BCUT2D eigenvalue weighted by atomic mass is 16.5. The van der Waals surface area contributed by atoms with Crippen LogP contribution < -0.4 is 14.8 Å². The quantitative estimate of drug-likeness (QED) is 0.809. The summed E-state index contributed by atoms with van der Waals surface area (Å²) in [5.74, 6) is 2.06. The molecule has 0 unspecified atom stereocenters. The van der Waals surface area contributed by atoms with Gasteiger partial charge in [0.2, 0.25) is 5.91 Å². The maximum Gasteiger partial charge on any atom is 0.220 e. The molecule has 1 saturated heterocycles. The van der Waals surface area contributed by atoms with Gasteiger partial charge in [-0.15, -0.1) is 0 Å². The summed E-state index contributed by atoms with van der Waals surface area (Å²) < 4.78 is 16.5. The number of amides is 1. The Labute approximate surface area is 149 Å². The predicted octanol–water partition coefficient (Wildman–Crippen LogP) is 1.47. The van der Waals surface area contributed by atoms with E-state index in [4.69, 9.17) is 14.2 Å². The fourth-order valence-electron chi connectivity index (χ4n) is 3.38. The Balaban J connectivity index is 1.36. The molecule has 1 N–H and O–H groups in total. The van der Waals surface area contributed by atoms with Gasteiger partial charge in [0, 0.05) is 32.0 Å². The highest BCUT2D eigenvalue weighted by Crippen LogP contribution is 2.35. The predicted molar refractivity (Wildman–Crippen MR) is 95.2 cm³/mol. The van der Waals surface area contributed by atoms with Crippen LogP contribution in [0.25, 0.3) is 0 Å². The molecule has 1 aromatic carbocycles. The first-order valence-electron chi connectivity index (χ1n) is 9.11. The van der Waals surface area contributed by atoms with Crippen molar-refractivity contribution >= 4 is 5.91 Å². The van der Waals surface area contributed by atoms with Crippen molar-refractivity contribution in [3.63, 3.8) is 0 Å². The van der Waals surface area contributed by atoms with E-state index >= 15 is 0 Å². The van der Waals surface area contributed by atoms with Crippen molar-refractivity contribution in [2.75, 3.05) is 53.1 Å². The number of fused-ring (bicyclic) bond motifs is 1. The molecule has 138 valence electrons. The lowest BCUT2D eigenvalue weighted by Gasteiger charge is -2.27. The molecular weight excluding hydrogens is 320 g/mol. The molecule has 6 nitrogen and oxygen atoms in total. The number of rotatable bonds is 7. The Morgan fingerprint density at radius 3 is 3.00 bits per heavy atom. The number of morpholine rings is 1. The maximum absolute atomic E-state index is 12.1. The van der Waals surface area contributed by atoms with Crippen molar-refractivity contribution in [3.8, 4) is 11.5 Å². The third-order valence-electron chi connectivity index (χ3n) is 4.82. The van der Waals surface area contributed by atoms with E-state index in [9.17, 15) is 4.79 Å². The third kappa shape index (κ3) is 5.09. The van der Waals surface area contributed by atoms with Gasteiger partial charge in [0.1, 0.15) is 0 Å². The molecule has 0 saturated carbocycles.